The molecule has 4 rings (SSSR count). The average Bonchev–Trinajstić information content (AvgIpc) is 3.48. The summed E-state index contributed by atoms with van der Waals surface area (Å²) in [5, 5.41) is 12.9. The molecule has 0 unspecified atom stereocenters. The Morgan fingerprint density at radius 3 is 2.61 bits per heavy atom. The number of aryl methyl sites for hydroxylation is 1. The predicted octanol–water partition coefficient (Wildman–Crippen LogP) is 1.45. The standard InChI is InChI=1S/C20H22FN7O2.CH3ClO2S.ClH/c1-12-6-13(2-3-15(12)21)9-23-18(29)16-7-17(28-20(27-16)25-11-26-28)19(30)24-10-14-4-5-22-8-14;1-5(2,3)4;/h2-3,6-7,11,14,22H,4-5,8-10H2,1H3,(H,23,29)(H,24,30);1H3;1H/t14-;;/m1../s1. The van der Waals surface area contributed by atoms with E-state index in [1.165, 1.54) is 23.0 Å². The summed E-state index contributed by atoms with van der Waals surface area (Å²) in [7, 11) is 1.31. The maximum Gasteiger partial charge on any atom is 0.270 e. The molecule has 11 nitrogen and oxygen atoms in total. The second-order valence-corrected chi connectivity index (χ2v) is 11.1. The lowest BCUT2D eigenvalue weighted by Crippen LogP contribution is -2.32. The van der Waals surface area contributed by atoms with Gasteiger partial charge in [-0.3, -0.25) is 9.59 Å². The number of halogens is 3. The van der Waals surface area contributed by atoms with Gasteiger partial charge in [0.15, 0.2) is 0 Å². The Balaban J connectivity index is 0.000000694. The third-order valence-corrected chi connectivity index (χ3v) is 5.11. The van der Waals surface area contributed by atoms with Gasteiger partial charge in [0.1, 0.15) is 23.5 Å². The molecule has 0 radical (unpaired) electrons. The minimum Gasteiger partial charge on any atom is -0.350 e. The maximum absolute atomic E-state index is 13.4. The lowest BCUT2D eigenvalue weighted by Gasteiger charge is -2.11. The molecule has 196 valence electrons. The molecule has 1 aliphatic rings. The van der Waals surface area contributed by atoms with E-state index in [1.54, 1.807) is 19.1 Å². The van der Waals surface area contributed by atoms with Crippen molar-refractivity contribution in [3.63, 3.8) is 0 Å². The zero-order chi connectivity index (χ0) is 25.6. The Hall–Kier alpha value is -2.87. The van der Waals surface area contributed by atoms with Crippen molar-refractivity contribution >= 4 is 49.7 Å². The number of nitrogens with one attached hydrogen (secondary N) is 3. The van der Waals surface area contributed by atoms with Crippen LogP contribution in [0.15, 0.2) is 30.6 Å². The molecule has 3 aromatic rings. The Morgan fingerprint density at radius 2 is 1.97 bits per heavy atom. The summed E-state index contributed by atoms with van der Waals surface area (Å²) in [5.74, 6) is -0.565. The third kappa shape index (κ3) is 8.66. The first-order valence-corrected chi connectivity index (χ1v) is 13.4. The van der Waals surface area contributed by atoms with Crippen LogP contribution < -0.4 is 16.0 Å². The van der Waals surface area contributed by atoms with Crippen LogP contribution in [0.1, 0.15) is 38.5 Å². The minimum absolute atomic E-state index is 0. The van der Waals surface area contributed by atoms with Crippen molar-refractivity contribution in [1.29, 1.82) is 0 Å². The average molecular weight is 562 g/mol. The summed E-state index contributed by atoms with van der Waals surface area (Å²) in [6.45, 7) is 4.21. The lowest BCUT2D eigenvalue weighted by atomic mass is 10.1. The van der Waals surface area contributed by atoms with Crippen molar-refractivity contribution in [1.82, 2.24) is 35.5 Å². The van der Waals surface area contributed by atoms with Crippen molar-refractivity contribution in [2.75, 3.05) is 25.9 Å². The highest BCUT2D eigenvalue weighted by molar-refractivity contribution is 8.13. The van der Waals surface area contributed by atoms with Gasteiger partial charge in [-0.05, 0) is 49.5 Å². The number of amides is 2. The van der Waals surface area contributed by atoms with Gasteiger partial charge in [-0.15, -0.1) is 12.4 Å². The summed E-state index contributed by atoms with van der Waals surface area (Å²) in [5.41, 5.74) is 1.50. The molecule has 36 heavy (non-hydrogen) atoms. The van der Waals surface area contributed by atoms with Crippen LogP contribution in [0.2, 0.25) is 0 Å². The molecule has 3 N–H and O–H groups in total. The fourth-order valence-corrected chi connectivity index (χ4v) is 3.40. The van der Waals surface area contributed by atoms with Crippen LogP contribution in [0, 0.1) is 18.7 Å². The summed E-state index contributed by atoms with van der Waals surface area (Å²) < 4.78 is 33.5. The fourth-order valence-electron chi connectivity index (χ4n) is 3.40. The zero-order valence-electron chi connectivity index (χ0n) is 19.5. The van der Waals surface area contributed by atoms with Gasteiger partial charge < -0.3 is 16.0 Å². The second kappa shape index (κ2) is 12.9. The Morgan fingerprint density at radius 1 is 1.25 bits per heavy atom. The number of carbonyl (C=O) groups is 2. The van der Waals surface area contributed by atoms with Gasteiger partial charge >= 0.3 is 0 Å². The SMILES string of the molecule is CS(=O)(=O)Cl.Cc1cc(CNC(=O)c2cc(C(=O)NC[C@@H]3CCNC3)n3ncnc3n2)ccc1F.Cl. The molecule has 0 bridgehead atoms. The van der Waals surface area contributed by atoms with E-state index in [1.807, 2.05) is 0 Å². The molecule has 2 amide bonds. The van der Waals surface area contributed by atoms with Gasteiger partial charge in [0.05, 0.1) is 6.26 Å². The second-order valence-electron chi connectivity index (χ2n) is 8.02. The van der Waals surface area contributed by atoms with E-state index in [4.69, 9.17) is 0 Å². The molecule has 15 heteroatoms. The Kier molecular flexibility index (Phi) is 10.5. The number of benzene rings is 1. The number of rotatable bonds is 6. The molecule has 1 fully saturated rings. The van der Waals surface area contributed by atoms with E-state index >= 15 is 0 Å². The molecule has 2 aromatic heterocycles. The number of hydrogen-bond acceptors (Lipinski definition) is 8. The zero-order valence-corrected chi connectivity index (χ0v) is 21.9. The van der Waals surface area contributed by atoms with E-state index in [0.29, 0.717) is 18.0 Å². The van der Waals surface area contributed by atoms with Crippen LogP contribution >= 0.6 is 23.1 Å². The number of nitrogens with zero attached hydrogens (tertiary/aromatic N) is 4. The summed E-state index contributed by atoms with van der Waals surface area (Å²) >= 11 is 0. The normalized spacial score (nSPS) is 14.9. The molecule has 0 spiro atoms. The fraction of sp³-hybridized carbons (Fsp3) is 0.381. The highest BCUT2D eigenvalue weighted by atomic mass is 35.7. The van der Waals surface area contributed by atoms with Crippen LogP contribution in [-0.2, 0) is 15.6 Å². The van der Waals surface area contributed by atoms with Gasteiger partial charge in [0.25, 0.3) is 17.6 Å². The van der Waals surface area contributed by atoms with Crippen molar-refractivity contribution in [2.24, 2.45) is 5.92 Å². The quantitative estimate of drug-likeness (QED) is 0.383. The van der Waals surface area contributed by atoms with E-state index in [-0.39, 0.29) is 47.8 Å². The predicted molar refractivity (Wildman–Crippen MR) is 134 cm³/mol. The monoisotopic (exact) mass is 561 g/mol. The first-order chi connectivity index (χ1) is 16.5. The summed E-state index contributed by atoms with van der Waals surface area (Å²) in [4.78, 5) is 33.6. The van der Waals surface area contributed by atoms with E-state index in [2.05, 4.69) is 41.7 Å². The summed E-state index contributed by atoms with van der Waals surface area (Å²) in [6.07, 6.45) is 3.21. The van der Waals surface area contributed by atoms with Gasteiger partial charge in [-0.2, -0.15) is 14.6 Å². The maximum atomic E-state index is 13.4. The molecule has 0 aliphatic carbocycles. The molecule has 3 heterocycles. The van der Waals surface area contributed by atoms with Gasteiger partial charge in [-0.25, -0.2) is 17.8 Å². The molecule has 0 saturated carbocycles. The highest BCUT2D eigenvalue weighted by Gasteiger charge is 2.20. The van der Waals surface area contributed by atoms with E-state index < -0.39 is 15.0 Å². The van der Waals surface area contributed by atoms with Crippen LogP contribution in [0.3, 0.4) is 0 Å². The molecular formula is C21H26Cl2FN7O4S. The largest absolute Gasteiger partial charge is 0.350 e. The van der Waals surface area contributed by atoms with Crippen LogP contribution in [0.4, 0.5) is 4.39 Å². The smallest absolute Gasteiger partial charge is 0.270 e. The molecular weight excluding hydrogens is 536 g/mol. The van der Waals surface area contributed by atoms with Crippen LogP contribution in [0.25, 0.3) is 5.78 Å². The number of carbonyl (C=O) groups excluding carboxylic acids is 2. The van der Waals surface area contributed by atoms with E-state index in [0.717, 1.165) is 31.3 Å². The minimum atomic E-state index is -3.19. The van der Waals surface area contributed by atoms with Gasteiger partial charge in [-0.1, -0.05) is 12.1 Å². The number of hydrogen-bond donors (Lipinski definition) is 3. The van der Waals surface area contributed by atoms with Crippen molar-refractivity contribution in [2.45, 2.75) is 19.9 Å². The van der Waals surface area contributed by atoms with Crippen molar-refractivity contribution < 1.29 is 22.4 Å². The third-order valence-electron chi connectivity index (χ3n) is 5.11. The first kappa shape index (κ1) is 29.4. The molecule has 1 aliphatic heterocycles. The Labute approximate surface area is 218 Å². The van der Waals surface area contributed by atoms with Crippen LogP contribution in [0.5, 0.6) is 0 Å². The molecule has 1 atom stereocenters. The van der Waals surface area contributed by atoms with Gasteiger partial charge in [0.2, 0.25) is 9.05 Å². The van der Waals surface area contributed by atoms with E-state index in [9.17, 15) is 22.4 Å². The van der Waals surface area contributed by atoms with Gasteiger partial charge in [0, 0.05) is 29.8 Å². The van der Waals surface area contributed by atoms with Crippen LogP contribution in [-0.4, -0.2) is 65.7 Å². The molecule has 1 aromatic carbocycles. The Bertz CT molecular complexity index is 1320. The van der Waals surface area contributed by atoms with Crippen molar-refractivity contribution in [3.8, 4) is 0 Å². The van der Waals surface area contributed by atoms with Crippen molar-refractivity contribution in [3.05, 3.63) is 58.9 Å². The first-order valence-electron chi connectivity index (χ1n) is 10.6. The topological polar surface area (TPSA) is 147 Å². The number of aromatic nitrogens is 4. The highest BCUT2D eigenvalue weighted by Crippen LogP contribution is 2.11. The lowest BCUT2D eigenvalue weighted by molar-refractivity contribution is 0.0940. The molecule has 1 saturated heterocycles. The number of fused-ring (bicyclic) bond motifs is 1. The summed E-state index contributed by atoms with van der Waals surface area (Å²) in [6, 6.07) is 6.03.